The Morgan fingerprint density at radius 2 is 0.415 bits per heavy atom. The van der Waals surface area contributed by atoms with Gasteiger partial charge in [0.25, 0.3) is 0 Å². The highest BCUT2D eigenvalue weighted by atomic mass is 15.2. The summed E-state index contributed by atoms with van der Waals surface area (Å²) in [6.07, 6.45) is 0. The molecule has 0 saturated heterocycles. The molecule has 4 nitrogen and oxygen atoms in total. The summed E-state index contributed by atoms with van der Waals surface area (Å²) < 4.78 is 0. The molecule has 0 fully saturated rings. The van der Waals surface area contributed by atoms with Gasteiger partial charge >= 0.3 is 0 Å². The highest BCUT2D eigenvalue weighted by Crippen LogP contribution is 2.72. The van der Waals surface area contributed by atoms with Crippen LogP contribution in [0, 0.1) is 34.0 Å². The number of nitrogens with zero attached hydrogens (tertiary/aromatic N) is 4. The average molecular weight is 1040 g/mol. The molecule has 0 unspecified atom stereocenters. The molecule has 12 aromatic rings. The number of hydrogen-bond acceptors (Lipinski definition) is 4. The minimum Gasteiger partial charge on any atom is -0.308 e. The fourth-order valence-corrected chi connectivity index (χ4v) is 14.6. The van der Waals surface area contributed by atoms with Gasteiger partial charge in [0, 0.05) is 0 Å². The lowest BCUT2D eigenvalue weighted by Crippen LogP contribution is -2.49. The Hall–Kier alpha value is -11.1. The third-order valence-electron chi connectivity index (χ3n) is 17.7. The molecule has 4 heteroatoms. The van der Waals surface area contributed by atoms with Crippen molar-refractivity contribution in [1.29, 1.82) is 15.8 Å². The second kappa shape index (κ2) is 18.8. The fourth-order valence-electron chi connectivity index (χ4n) is 14.6. The van der Waals surface area contributed by atoms with Crippen LogP contribution in [0.25, 0.3) is 33.4 Å². The van der Waals surface area contributed by atoms with E-state index in [9.17, 15) is 15.8 Å². The lowest BCUT2D eigenvalue weighted by molar-refractivity contribution is 0.655. The Labute approximate surface area is 477 Å². The van der Waals surface area contributed by atoms with Gasteiger partial charge in [-0.05, 0) is 155 Å². The normalized spacial score (nSPS) is 14.1. The predicted molar refractivity (Wildman–Crippen MR) is 327 cm³/mol. The summed E-state index contributed by atoms with van der Waals surface area (Å²) in [6, 6.07) is 112. The molecule has 82 heavy (non-hydrogen) atoms. The fraction of sp³-hybridized carbons (Fsp3) is 0.0385. The summed E-state index contributed by atoms with van der Waals surface area (Å²) in [4.78, 5) is 2.61. The number of anilines is 3. The Morgan fingerprint density at radius 1 is 0.232 bits per heavy atom. The van der Waals surface area contributed by atoms with Gasteiger partial charge in [0.1, 0.15) is 0 Å². The van der Waals surface area contributed by atoms with Gasteiger partial charge in [-0.25, -0.2) is 0 Å². The van der Waals surface area contributed by atoms with E-state index in [4.69, 9.17) is 0 Å². The zero-order chi connectivity index (χ0) is 55.0. The van der Waals surface area contributed by atoms with Gasteiger partial charge < -0.3 is 4.90 Å². The molecule has 3 aliphatic heterocycles. The molecule has 0 aliphatic carbocycles. The Bertz CT molecular complexity index is 3970. The van der Waals surface area contributed by atoms with E-state index >= 15 is 0 Å². The lowest BCUT2D eigenvalue weighted by Gasteiger charge is -2.58. The molecule has 3 heterocycles. The minimum atomic E-state index is -1.05. The van der Waals surface area contributed by atoms with Crippen molar-refractivity contribution < 1.29 is 0 Å². The summed E-state index contributed by atoms with van der Waals surface area (Å²) >= 11 is 0. The van der Waals surface area contributed by atoms with Crippen LogP contribution in [0.3, 0.4) is 0 Å². The van der Waals surface area contributed by atoms with Gasteiger partial charge in [-0.15, -0.1) is 0 Å². The first kappa shape index (κ1) is 48.1. The van der Waals surface area contributed by atoms with Crippen LogP contribution in [0.2, 0.25) is 0 Å². The van der Waals surface area contributed by atoms with Gasteiger partial charge in [0.2, 0.25) is 0 Å². The second-order valence-electron chi connectivity index (χ2n) is 21.5. The monoisotopic (exact) mass is 1040 g/mol. The van der Waals surface area contributed by atoms with E-state index < -0.39 is 16.2 Å². The van der Waals surface area contributed by atoms with Gasteiger partial charge in [-0.3, -0.25) is 0 Å². The van der Waals surface area contributed by atoms with Gasteiger partial charge in [0.15, 0.2) is 0 Å². The highest BCUT2D eigenvalue weighted by molar-refractivity contribution is 6.06. The van der Waals surface area contributed by atoms with E-state index in [0.29, 0.717) is 16.7 Å². The van der Waals surface area contributed by atoms with Crippen molar-refractivity contribution >= 4 is 17.1 Å². The van der Waals surface area contributed by atoms with E-state index in [1.54, 1.807) is 0 Å². The van der Waals surface area contributed by atoms with Crippen LogP contribution in [0.15, 0.2) is 291 Å². The van der Waals surface area contributed by atoms with Gasteiger partial charge in [0.05, 0.1) is 68.2 Å². The molecule has 0 N–H and O–H groups in total. The van der Waals surface area contributed by atoms with Crippen LogP contribution in [-0.4, -0.2) is 0 Å². The van der Waals surface area contributed by atoms with E-state index in [-0.39, 0.29) is 0 Å². The zero-order valence-electron chi connectivity index (χ0n) is 44.5. The van der Waals surface area contributed by atoms with E-state index in [1.165, 1.54) is 0 Å². The molecule has 0 saturated carbocycles. The van der Waals surface area contributed by atoms with E-state index in [2.05, 4.69) is 260 Å². The zero-order valence-corrected chi connectivity index (χ0v) is 44.5. The molecule has 3 aliphatic rings. The Balaban J connectivity index is 1.29. The van der Waals surface area contributed by atoms with Crippen LogP contribution in [0.1, 0.15) is 83.5 Å². The largest absolute Gasteiger partial charge is 0.308 e. The molecule has 0 aromatic heterocycles. The summed E-state index contributed by atoms with van der Waals surface area (Å²) in [5.41, 5.74) is 19.6. The van der Waals surface area contributed by atoms with E-state index in [1.807, 2.05) is 54.6 Å². The van der Waals surface area contributed by atoms with Crippen LogP contribution in [0.4, 0.5) is 17.1 Å². The first-order chi connectivity index (χ1) is 40.6. The number of hydrogen-bond donors (Lipinski definition) is 0. The third-order valence-corrected chi connectivity index (χ3v) is 17.7. The molecule has 0 bridgehead atoms. The molecule has 0 spiro atoms. The first-order valence-corrected chi connectivity index (χ1v) is 27.8. The summed E-state index contributed by atoms with van der Waals surface area (Å²) in [6.45, 7) is 0. The van der Waals surface area contributed by atoms with Crippen molar-refractivity contribution in [2.75, 3.05) is 4.90 Å². The smallest absolute Gasteiger partial charge is 0.0998 e. The maximum absolute atomic E-state index is 11.1. The number of nitriles is 3. The Morgan fingerprint density at radius 3 is 0.610 bits per heavy atom. The minimum absolute atomic E-state index is 0.570. The second-order valence-corrected chi connectivity index (χ2v) is 21.5. The predicted octanol–water partition coefficient (Wildman–Crippen LogP) is 17.9. The molecule has 380 valence electrons. The summed E-state index contributed by atoms with van der Waals surface area (Å²) in [5, 5.41) is 33.3. The van der Waals surface area contributed by atoms with Crippen molar-refractivity contribution in [2.45, 2.75) is 16.2 Å². The quantitative estimate of drug-likeness (QED) is 0.144. The average Bonchev–Trinajstić information content (AvgIpc) is 3.47. The van der Waals surface area contributed by atoms with Crippen molar-refractivity contribution in [3.05, 3.63) is 375 Å². The van der Waals surface area contributed by atoms with Crippen LogP contribution >= 0.6 is 0 Å². The molecule has 0 amide bonds. The number of benzene rings is 12. The van der Waals surface area contributed by atoms with Crippen molar-refractivity contribution in [1.82, 2.24) is 0 Å². The summed E-state index contributed by atoms with van der Waals surface area (Å²) in [7, 11) is 0. The third kappa shape index (κ3) is 6.57. The van der Waals surface area contributed by atoms with Crippen molar-refractivity contribution in [3.63, 3.8) is 0 Å². The van der Waals surface area contributed by atoms with Gasteiger partial charge in [-0.1, -0.05) is 237 Å². The molecule has 0 radical (unpaired) electrons. The van der Waals surface area contributed by atoms with E-state index in [0.717, 1.165) is 117 Å². The van der Waals surface area contributed by atoms with Gasteiger partial charge in [-0.2, -0.15) is 15.8 Å². The molecule has 15 rings (SSSR count). The molecule has 12 aromatic carbocycles. The van der Waals surface area contributed by atoms with Crippen LogP contribution in [-0.2, 0) is 16.2 Å². The summed E-state index contributed by atoms with van der Waals surface area (Å²) in [5.74, 6) is 0. The lowest BCUT2D eigenvalue weighted by atomic mass is 9.52. The Kier molecular flexibility index (Phi) is 11.0. The molecular formula is C78H48N4. The standard InChI is InChI=1S/C78H48N4/c79-49-52-25-19-22-40-64(52)55-43-67-73-69(45-55)77(60-32-11-3-12-33-60,61-34-13-4-14-35-61)71-47-57(66-42-24-21-27-54(66)51-81)48-72-75(71)82(73)74-68(76(67,58-28-7-1-8-29-58)59-30-9-2-10-31-59)44-56(65-41-23-20-26-53(65)50-80)46-70(74)78(72,62-36-15-5-16-37-62)63-38-17-6-18-39-63/h1-48H. The molecule has 0 atom stereocenters. The molecular weight excluding hydrogens is 993 g/mol. The maximum atomic E-state index is 11.1. The first-order valence-electron chi connectivity index (χ1n) is 27.8. The SMILES string of the molecule is N#Cc1ccccc1-c1cc2c3c(c1)C(c1ccccc1)(c1ccccc1)c1cc(-c4ccccc4C#N)cc4c1N3c1c(cc(-c3ccccc3C#N)cc1C4(c1ccccc1)c1ccccc1)C2(c1ccccc1)c1ccccc1. The number of rotatable bonds is 9. The van der Waals surface area contributed by atoms with Crippen molar-refractivity contribution in [2.24, 2.45) is 0 Å². The van der Waals surface area contributed by atoms with Crippen LogP contribution < -0.4 is 4.90 Å². The topological polar surface area (TPSA) is 74.6 Å². The maximum Gasteiger partial charge on any atom is 0.0998 e. The highest BCUT2D eigenvalue weighted by Gasteiger charge is 2.60. The van der Waals surface area contributed by atoms with Crippen molar-refractivity contribution in [3.8, 4) is 51.6 Å². The van der Waals surface area contributed by atoms with Crippen LogP contribution in [0.5, 0.6) is 0 Å².